The highest BCUT2D eigenvalue weighted by Gasteiger charge is 2.23. The van der Waals surface area contributed by atoms with Gasteiger partial charge in [-0.3, -0.25) is 14.8 Å². The number of nitrogens with one attached hydrogen (secondary N) is 1. The van der Waals surface area contributed by atoms with Crippen LogP contribution >= 0.6 is 11.8 Å². The van der Waals surface area contributed by atoms with Crippen molar-refractivity contribution in [1.82, 2.24) is 10.3 Å². The molecule has 0 unspecified atom stereocenters. The first kappa shape index (κ1) is 13.8. The molecule has 1 aliphatic rings. The quantitative estimate of drug-likeness (QED) is 0.885. The summed E-state index contributed by atoms with van der Waals surface area (Å²) in [6, 6.07) is 9.89. The number of benzene rings is 1. The molecule has 0 bridgehead atoms. The molecular formula is C16H15N3OS. The molecule has 3 rings (SSSR count). The van der Waals surface area contributed by atoms with Crippen LogP contribution in [0, 0.1) is 0 Å². The normalized spacial score (nSPS) is 18.6. The molecular weight excluding hydrogens is 282 g/mol. The Morgan fingerprint density at radius 3 is 3.14 bits per heavy atom. The first-order chi connectivity index (χ1) is 10.3. The fourth-order valence-corrected chi connectivity index (χ4v) is 2.90. The van der Waals surface area contributed by atoms with Crippen LogP contribution in [-0.2, 0) is 4.79 Å². The monoisotopic (exact) mass is 297 g/mol. The van der Waals surface area contributed by atoms with Gasteiger partial charge >= 0.3 is 0 Å². The fraction of sp³-hybridized carbons (Fsp3) is 0.188. The SMILES string of the molecule is CCC/N=C1/NC(=O)/C(=C/c2ccc3ncccc3c2)S1. The van der Waals surface area contributed by atoms with E-state index >= 15 is 0 Å². The number of amides is 1. The van der Waals surface area contributed by atoms with Gasteiger partial charge in [-0.25, -0.2) is 0 Å². The van der Waals surface area contributed by atoms with E-state index in [1.165, 1.54) is 11.8 Å². The van der Waals surface area contributed by atoms with Crippen molar-refractivity contribution in [2.45, 2.75) is 13.3 Å². The zero-order valence-corrected chi connectivity index (χ0v) is 12.5. The van der Waals surface area contributed by atoms with Gasteiger partial charge in [-0.1, -0.05) is 19.1 Å². The largest absolute Gasteiger partial charge is 0.301 e. The van der Waals surface area contributed by atoms with E-state index < -0.39 is 0 Å². The predicted molar refractivity (Wildman–Crippen MR) is 88.0 cm³/mol. The highest BCUT2D eigenvalue weighted by Crippen LogP contribution is 2.26. The van der Waals surface area contributed by atoms with Crippen LogP contribution < -0.4 is 5.32 Å². The summed E-state index contributed by atoms with van der Waals surface area (Å²) in [6.07, 6.45) is 4.63. The van der Waals surface area contributed by atoms with Crippen LogP contribution in [0.3, 0.4) is 0 Å². The van der Waals surface area contributed by atoms with Crippen molar-refractivity contribution in [1.29, 1.82) is 0 Å². The van der Waals surface area contributed by atoms with E-state index in [1.807, 2.05) is 36.4 Å². The van der Waals surface area contributed by atoms with E-state index in [2.05, 4.69) is 22.2 Å². The zero-order chi connectivity index (χ0) is 14.7. The molecule has 1 amide bonds. The summed E-state index contributed by atoms with van der Waals surface area (Å²) in [4.78, 5) is 21.2. The molecule has 1 saturated heterocycles. The van der Waals surface area contributed by atoms with Crippen LogP contribution in [-0.4, -0.2) is 22.6 Å². The number of fused-ring (bicyclic) bond motifs is 1. The Morgan fingerprint density at radius 1 is 1.38 bits per heavy atom. The Kier molecular flexibility index (Phi) is 4.01. The molecule has 2 aromatic rings. The van der Waals surface area contributed by atoms with Crippen LogP contribution in [0.15, 0.2) is 46.4 Å². The number of rotatable bonds is 3. The summed E-state index contributed by atoms with van der Waals surface area (Å²) >= 11 is 1.39. The Hall–Kier alpha value is -2.14. The number of hydrogen-bond donors (Lipinski definition) is 1. The first-order valence-electron chi connectivity index (χ1n) is 6.86. The number of thioether (sulfide) groups is 1. The Bertz CT molecular complexity index is 752. The molecule has 1 aromatic heterocycles. The van der Waals surface area contributed by atoms with Gasteiger partial charge in [0.15, 0.2) is 5.17 Å². The maximum absolute atomic E-state index is 11.9. The minimum absolute atomic E-state index is 0.0823. The van der Waals surface area contributed by atoms with E-state index in [0.717, 1.165) is 29.4 Å². The second kappa shape index (κ2) is 6.10. The second-order valence-electron chi connectivity index (χ2n) is 4.71. The molecule has 0 saturated carbocycles. The van der Waals surface area contributed by atoms with Crippen LogP contribution in [0.25, 0.3) is 17.0 Å². The number of hydrogen-bond acceptors (Lipinski definition) is 4. The number of amidine groups is 1. The molecule has 4 nitrogen and oxygen atoms in total. The molecule has 0 spiro atoms. The minimum Gasteiger partial charge on any atom is -0.301 e. The van der Waals surface area contributed by atoms with Gasteiger partial charge in [-0.05, 0) is 48.0 Å². The zero-order valence-electron chi connectivity index (χ0n) is 11.7. The average Bonchev–Trinajstić information content (AvgIpc) is 2.85. The van der Waals surface area contributed by atoms with E-state index in [9.17, 15) is 4.79 Å². The van der Waals surface area contributed by atoms with Crippen LogP contribution in [0.1, 0.15) is 18.9 Å². The van der Waals surface area contributed by atoms with Gasteiger partial charge in [-0.15, -0.1) is 0 Å². The molecule has 0 atom stereocenters. The van der Waals surface area contributed by atoms with Crippen molar-refractivity contribution < 1.29 is 4.79 Å². The van der Waals surface area contributed by atoms with E-state index in [-0.39, 0.29) is 5.91 Å². The maximum atomic E-state index is 11.9. The highest BCUT2D eigenvalue weighted by atomic mass is 32.2. The Morgan fingerprint density at radius 2 is 2.29 bits per heavy atom. The molecule has 1 aliphatic heterocycles. The number of carbonyl (C=O) groups excluding carboxylic acids is 1. The van der Waals surface area contributed by atoms with Gasteiger partial charge in [0, 0.05) is 18.1 Å². The van der Waals surface area contributed by atoms with Gasteiger partial charge in [0.1, 0.15) is 0 Å². The van der Waals surface area contributed by atoms with Crippen LogP contribution in [0.4, 0.5) is 0 Å². The molecule has 1 aromatic carbocycles. The standard InChI is InChI=1S/C16H15N3OS/c1-2-7-18-16-19-15(20)14(21-16)10-11-5-6-13-12(9-11)4-3-8-17-13/h3-6,8-10H,2,7H2,1H3,(H,18,19,20)/b14-10-. The third-order valence-electron chi connectivity index (χ3n) is 3.05. The smallest absolute Gasteiger partial charge is 0.264 e. The van der Waals surface area contributed by atoms with Crippen molar-refractivity contribution in [2.24, 2.45) is 4.99 Å². The Balaban J connectivity index is 1.88. The summed E-state index contributed by atoms with van der Waals surface area (Å²) in [6.45, 7) is 2.79. The van der Waals surface area contributed by atoms with E-state index in [0.29, 0.717) is 10.1 Å². The lowest BCUT2D eigenvalue weighted by Crippen LogP contribution is -2.19. The molecule has 106 valence electrons. The fourth-order valence-electron chi connectivity index (χ4n) is 2.05. The van der Waals surface area contributed by atoms with Crippen molar-refractivity contribution >= 4 is 39.8 Å². The third kappa shape index (κ3) is 3.13. The van der Waals surface area contributed by atoms with E-state index in [1.54, 1.807) is 6.20 Å². The van der Waals surface area contributed by atoms with Gasteiger partial charge in [0.2, 0.25) is 0 Å². The van der Waals surface area contributed by atoms with Crippen molar-refractivity contribution in [2.75, 3.05) is 6.54 Å². The lowest BCUT2D eigenvalue weighted by atomic mass is 10.1. The number of aromatic nitrogens is 1. The molecule has 5 heteroatoms. The summed E-state index contributed by atoms with van der Waals surface area (Å²) in [5, 5.41) is 4.54. The van der Waals surface area contributed by atoms with Gasteiger partial charge in [0.05, 0.1) is 10.4 Å². The molecule has 0 aliphatic carbocycles. The molecule has 0 radical (unpaired) electrons. The summed E-state index contributed by atoms with van der Waals surface area (Å²) < 4.78 is 0. The Labute approximate surface area is 127 Å². The second-order valence-corrected chi connectivity index (χ2v) is 5.74. The summed E-state index contributed by atoms with van der Waals surface area (Å²) in [5.74, 6) is -0.0823. The number of nitrogens with zero attached hydrogens (tertiary/aromatic N) is 2. The molecule has 1 N–H and O–H groups in total. The highest BCUT2D eigenvalue weighted by molar-refractivity contribution is 8.18. The number of aliphatic imine (C=N–C) groups is 1. The predicted octanol–water partition coefficient (Wildman–Crippen LogP) is 3.20. The topological polar surface area (TPSA) is 54.4 Å². The van der Waals surface area contributed by atoms with Gasteiger partial charge < -0.3 is 5.32 Å². The number of pyridine rings is 1. The molecule has 21 heavy (non-hydrogen) atoms. The molecule has 1 fully saturated rings. The van der Waals surface area contributed by atoms with Crippen LogP contribution in [0.5, 0.6) is 0 Å². The average molecular weight is 297 g/mol. The maximum Gasteiger partial charge on any atom is 0.264 e. The third-order valence-corrected chi connectivity index (χ3v) is 4.00. The summed E-state index contributed by atoms with van der Waals surface area (Å²) in [5.41, 5.74) is 1.94. The molecule has 2 heterocycles. The van der Waals surface area contributed by atoms with Gasteiger partial charge in [-0.2, -0.15) is 0 Å². The lowest BCUT2D eigenvalue weighted by Gasteiger charge is -1.99. The van der Waals surface area contributed by atoms with Crippen molar-refractivity contribution in [3.8, 4) is 0 Å². The lowest BCUT2D eigenvalue weighted by molar-refractivity contribution is -0.115. The van der Waals surface area contributed by atoms with E-state index in [4.69, 9.17) is 0 Å². The van der Waals surface area contributed by atoms with Crippen LogP contribution in [0.2, 0.25) is 0 Å². The summed E-state index contributed by atoms with van der Waals surface area (Å²) in [7, 11) is 0. The number of carbonyl (C=O) groups is 1. The minimum atomic E-state index is -0.0823. The first-order valence-corrected chi connectivity index (χ1v) is 7.68. The van der Waals surface area contributed by atoms with Crippen molar-refractivity contribution in [3.05, 3.63) is 47.0 Å². The van der Waals surface area contributed by atoms with Crippen molar-refractivity contribution in [3.63, 3.8) is 0 Å². The van der Waals surface area contributed by atoms with Gasteiger partial charge in [0.25, 0.3) is 5.91 Å².